The Morgan fingerprint density at radius 1 is 1.00 bits per heavy atom. The average Bonchev–Trinajstić information content (AvgIpc) is 2.10. The zero-order valence-corrected chi connectivity index (χ0v) is 12.2. The maximum atomic E-state index is 11.2. The van der Waals surface area contributed by atoms with Gasteiger partial charge in [-0.3, -0.25) is 4.79 Å². The molecule has 1 atom stereocenters. The van der Waals surface area contributed by atoms with Crippen LogP contribution in [0.25, 0.3) is 0 Å². The van der Waals surface area contributed by atoms with Gasteiger partial charge in [-0.1, -0.05) is 41.5 Å². The van der Waals surface area contributed by atoms with Gasteiger partial charge in [0.25, 0.3) is 0 Å². The quantitative estimate of drug-likeness (QED) is 0.688. The number of hydrogen-bond acceptors (Lipinski definition) is 2. The monoisotopic (exact) mass is 243 g/mol. The molecule has 2 N–H and O–H groups in total. The number of carboxylic acid groups (broad SMARTS) is 1. The molecule has 3 heteroatoms. The molecule has 0 bridgehead atoms. The van der Waals surface area contributed by atoms with Crippen LogP contribution in [0.1, 0.15) is 54.4 Å². The maximum absolute atomic E-state index is 11.2. The number of hydrogen-bond donors (Lipinski definition) is 2. The molecule has 3 nitrogen and oxygen atoms in total. The molecule has 0 saturated carbocycles. The second-order valence-corrected chi connectivity index (χ2v) is 6.18. The van der Waals surface area contributed by atoms with Gasteiger partial charge < -0.3 is 10.4 Å². The van der Waals surface area contributed by atoms with Crippen LogP contribution < -0.4 is 5.32 Å². The van der Waals surface area contributed by atoms with Gasteiger partial charge in [-0.25, -0.2) is 0 Å². The first kappa shape index (κ1) is 16.4. The summed E-state index contributed by atoms with van der Waals surface area (Å²) in [5.41, 5.74) is 0. The van der Waals surface area contributed by atoms with Crippen molar-refractivity contribution in [1.29, 1.82) is 0 Å². The van der Waals surface area contributed by atoms with Gasteiger partial charge in [0.2, 0.25) is 0 Å². The summed E-state index contributed by atoms with van der Waals surface area (Å²) in [6, 6.07) is -0.129. The summed E-state index contributed by atoms with van der Waals surface area (Å²) >= 11 is 0. The molecule has 1 unspecified atom stereocenters. The summed E-state index contributed by atoms with van der Waals surface area (Å²) in [6.45, 7) is 12.6. The molecule has 0 radical (unpaired) electrons. The normalized spacial score (nSPS) is 14.0. The smallest absolute Gasteiger partial charge is 0.320 e. The molecule has 17 heavy (non-hydrogen) atoms. The highest BCUT2D eigenvalue weighted by atomic mass is 16.4. The summed E-state index contributed by atoms with van der Waals surface area (Å²) in [4.78, 5) is 11.2. The first-order valence-electron chi connectivity index (χ1n) is 6.72. The highest BCUT2D eigenvalue weighted by Crippen LogP contribution is 2.15. The predicted molar refractivity (Wildman–Crippen MR) is 72.1 cm³/mol. The first-order chi connectivity index (χ1) is 7.73. The van der Waals surface area contributed by atoms with E-state index in [1.165, 1.54) is 0 Å². The molecule has 0 saturated heterocycles. The van der Waals surface area contributed by atoms with Crippen LogP contribution in [0.15, 0.2) is 0 Å². The Morgan fingerprint density at radius 3 is 1.65 bits per heavy atom. The Bertz CT molecular complexity index is 214. The standard InChI is InChI=1S/C14H29NO2/c1-9(2)7-12(8-10(3)4)15-13(11(5)6)14(16)17/h9-13,15H,7-8H2,1-6H3,(H,16,17). The van der Waals surface area contributed by atoms with Crippen LogP contribution in [-0.4, -0.2) is 23.2 Å². The number of rotatable bonds is 8. The Labute approximate surface area is 106 Å². The molecular formula is C14H29NO2. The number of nitrogens with one attached hydrogen (secondary N) is 1. The van der Waals surface area contributed by atoms with Crippen molar-refractivity contribution < 1.29 is 9.90 Å². The van der Waals surface area contributed by atoms with E-state index in [-0.39, 0.29) is 5.92 Å². The second kappa shape index (κ2) is 7.70. The fourth-order valence-corrected chi connectivity index (χ4v) is 2.17. The minimum Gasteiger partial charge on any atom is -0.480 e. The maximum Gasteiger partial charge on any atom is 0.320 e. The third-order valence-electron chi connectivity index (χ3n) is 2.86. The van der Waals surface area contributed by atoms with Gasteiger partial charge in [-0.05, 0) is 30.6 Å². The molecule has 0 spiro atoms. The fraction of sp³-hybridized carbons (Fsp3) is 0.929. The molecular weight excluding hydrogens is 214 g/mol. The van der Waals surface area contributed by atoms with Gasteiger partial charge in [-0.2, -0.15) is 0 Å². The Hall–Kier alpha value is -0.570. The summed E-state index contributed by atoms with van der Waals surface area (Å²) < 4.78 is 0. The van der Waals surface area contributed by atoms with Crippen LogP contribution in [0.5, 0.6) is 0 Å². The molecule has 0 aliphatic heterocycles. The van der Waals surface area contributed by atoms with E-state index in [0.29, 0.717) is 17.9 Å². The zero-order valence-electron chi connectivity index (χ0n) is 12.2. The molecule has 0 fully saturated rings. The van der Waals surface area contributed by atoms with Crippen molar-refractivity contribution in [1.82, 2.24) is 5.32 Å². The first-order valence-corrected chi connectivity index (χ1v) is 6.72. The van der Waals surface area contributed by atoms with Crippen LogP contribution in [0, 0.1) is 17.8 Å². The lowest BCUT2D eigenvalue weighted by molar-refractivity contribution is -0.141. The van der Waals surface area contributed by atoms with Crippen molar-refractivity contribution in [2.75, 3.05) is 0 Å². The zero-order chi connectivity index (χ0) is 13.6. The van der Waals surface area contributed by atoms with Gasteiger partial charge in [0.15, 0.2) is 0 Å². The highest BCUT2D eigenvalue weighted by Gasteiger charge is 2.25. The average molecular weight is 243 g/mol. The van der Waals surface area contributed by atoms with E-state index >= 15 is 0 Å². The van der Waals surface area contributed by atoms with Crippen molar-refractivity contribution in [3.05, 3.63) is 0 Å². The molecule has 0 rings (SSSR count). The summed E-state index contributed by atoms with van der Waals surface area (Å²) in [5.74, 6) is 0.563. The summed E-state index contributed by atoms with van der Waals surface area (Å²) in [6.07, 6.45) is 2.07. The van der Waals surface area contributed by atoms with E-state index in [1.54, 1.807) is 0 Å². The lowest BCUT2D eigenvalue weighted by Crippen LogP contribution is -2.47. The number of aliphatic carboxylic acids is 1. The molecule has 0 aliphatic carbocycles. The van der Waals surface area contributed by atoms with Crippen LogP contribution in [0.3, 0.4) is 0 Å². The Kier molecular flexibility index (Phi) is 7.44. The van der Waals surface area contributed by atoms with E-state index < -0.39 is 12.0 Å². The van der Waals surface area contributed by atoms with E-state index in [1.807, 2.05) is 13.8 Å². The lowest BCUT2D eigenvalue weighted by atomic mass is 9.93. The molecule has 0 amide bonds. The van der Waals surface area contributed by atoms with Crippen LogP contribution >= 0.6 is 0 Å². The van der Waals surface area contributed by atoms with E-state index in [4.69, 9.17) is 0 Å². The lowest BCUT2D eigenvalue weighted by Gasteiger charge is -2.28. The van der Waals surface area contributed by atoms with E-state index in [9.17, 15) is 9.90 Å². The largest absolute Gasteiger partial charge is 0.480 e. The van der Waals surface area contributed by atoms with Crippen molar-refractivity contribution in [2.45, 2.75) is 66.5 Å². The van der Waals surface area contributed by atoms with Gasteiger partial charge in [0.1, 0.15) is 6.04 Å². The minimum absolute atomic E-state index is 0.120. The Morgan fingerprint density at radius 2 is 1.41 bits per heavy atom. The van der Waals surface area contributed by atoms with Gasteiger partial charge in [-0.15, -0.1) is 0 Å². The third kappa shape index (κ3) is 7.37. The third-order valence-corrected chi connectivity index (χ3v) is 2.86. The number of carboxylic acids is 1. The minimum atomic E-state index is -0.738. The van der Waals surface area contributed by atoms with Crippen molar-refractivity contribution in [3.63, 3.8) is 0 Å². The van der Waals surface area contributed by atoms with E-state index in [0.717, 1.165) is 12.8 Å². The highest BCUT2D eigenvalue weighted by molar-refractivity contribution is 5.73. The van der Waals surface area contributed by atoms with Crippen molar-refractivity contribution in [2.24, 2.45) is 17.8 Å². The van der Waals surface area contributed by atoms with Crippen LogP contribution in [-0.2, 0) is 4.79 Å². The van der Waals surface area contributed by atoms with Crippen LogP contribution in [0.2, 0.25) is 0 Å². The SMILES string of the molecule is CC(C)CC(CC(C)C)NC(C(=O)O)C(C)C. The number of carbonyl (C=O) groups is 1. The molecule has 0 aromatic heterocycles. The molecule has 0 aromatic rings. The van der Waals surface area contributed by atoms with Crippen molar-refractivity contribution >= 4 is 5.97 Å². The Balaban J connectivity index is 4.52. The van der Waals surface area contributed by atoms with Crippen molar-refractivity contribution in [3.8, 4) is 0 Å². The van der Waals surface area contributed by atoms with Gasteiger partial charge in [0.05, 0.1) is 0 Å². The molecule has 0 aliphatic rings. The van der Waals surface area contributed by atoms with Gasteiger partial charge in [0, 0.05) is 6.04 Å². The summed E-state index contributed by atoms with van der Waals surface area (Å²) in [7, 11) is 0. The molecule has 0 heterocycles. The van der Waals surface area contributed by atoms with Gasteiger partial charge >= 0.3 is 5.97 Å². The summed E-state index contributed by atoms with van der Waals surface area (Å²) in [5, 5.41) is 12.5. The fourth-order valence-electron chi connectivity index (χ4n) is 2.17. The molecule has 0 aromatic carbocycles. The second-order valence-electron chi connectivity index (χ2n) is 6.18. The van der Waals surface area contributed by atoms with E-state index in [2.05, 4.69) is 33.0 Å². The van der Waals surface area contributed by atoms with Crippen LogP contribution in [0.4, 0.5) is 0 Å². The topological polar surface area (TPSA) is 49.3 Å². The predicted octanol–water partition coefficient (Wildman–Crippen LogP) is 3.15. The molecule has 102 valence electrons.